The molecular formula is C34H37N3O4S. The quantitative estimate of drug-likeness (QED) is 0.263. The highest BCUT2D eigenvalue weighted by Crippen LogP contribution is 2.26. The fourth-order valence-electron chi connectivity index (χ4n) is 4.84. The minimum Gasteiger partial charge on any atom is -0.357 e. The second-order valence-electron chi connectivity index (χ2n) is 10.4. The number of carbonyl (C=O) groups is 2. The summed E-state index contributed by atoms with van der Waals surface area (Å²) in [5, 5.41) is 2.71. The summed E-state index contributed by atoms with van der Waals surface area (Å²) < 4.78 is 29.2. The number of sulfonamides is 1. The van der Waals surface area contributed by atoms with Gasteiger partial charge < -0.3 is 10.2 Å². The highest BCUT2D eigenvalue weighted by molar-refractivity contribution is 7.92. The van der Waals surface area contributed by atoms with Crippen LogP contribution in [-0.4, -0.2) is 44.8 Å². The molecule has 1 N–H and O–H groups in total. The summed E-state index contributed by atoms with van der Waals surface area (Å²) in [5.74, 6) is -0.815. The Morgan fingerprint density at radius 2 is 1.45 bits per heavy atom. The smallest absolute Gasteiger partial charge is 0.264 e. The van der Waals surface area contributed by atoms with E-state index in [1.165, 1.54) is 11.9 Å². The number of hydrogen-bond donors (Lipinski definition) is 1. The third-order valence-corrected chi connectivity index (χ3v) is 9.09. The lowest BCUT2D eigenvalue weighted by molar-refractivity contribution is -0.139. The van der Waals surface area contributed by atoms with Gasteiger partial charge in [-0.25, -0.2) is 8.42 Å². The highest BCUT2D eigenvalue weighted by Gasteiger charge is 2.34. The number of nitrogens with zero attached hydrogens (tertiary/aromatic N) is 2. The molecule has 1 atom stereocenters. The van der Waals surface area contributed by atoms with Gasteiger partial charge in [0, 0.05) is 20.0 Å². The molecule has 0 aromatic heterocycles. The molecule has 4 rings (SSSR count). The van der Waals surface area contributed by atoms with Crippen LogP contribution >= 0.6 is 0 Å². The first-order valence-electron chi connectivity index (χ1n) is 13.9. The maximum atomic E-state index is 14.4. The second-order valence-corrected chi connectivity index (χ2v) is 12.3. The fourth-order valence-corrected chi connectivity index (χ4v) is 6.25. The zero-order valence-electron chi connectivity index (χ0n) is 24.4. The molecule has 4 aromatic carbocycles. The van der Waals surface area contributed by atoms with Gasteiger partial charge in [-0.05, 0) is 67.3 Å². The number of benzene rings is 4. The summed E-state index contributed by atoms with van der Waals surface area (Å²) in [5.41, 5.74) is 4.87. The Bertz CT molecular complexity index is 1640. The van der Waals surface area contributed by atoms with Crippen LogP contribution < -0.4 is 9.62 Å². The van der Waals surface area contributed by atoms with Crippen molar-refractivity contribution in [1.29, 1.82) is 0 Å². The number of hydrogen-bond acceptors (Lipinski definition) is 4. The third-order valence-electron chi connectivity index (χ3n) is 7.30. The molecule has 0 aliphatic heterocycles. The van der Waals surface area contributed by atoms with Crippen LogP contribution in [0, 0.1) is 20.8 Å². The molecule has 0 radical (unpaired) electrons. The zero-order chi connectivity index (χ0) is 30.3. The van der Waals surface area contributed by atoms with Gasteiger partial charge in [0.25, 0.3) is 10.0 Å². The van der Waals surface area contributed by atoms with E-state index < -0.39 is 28.5 Å². The molecule has 0 saturated carbocycles. The van der Waals surface area contributed by atoms with Gasteiger partial charge in [-0.3, -0.25) is 13.9 Å². The Morgan fingerprint density at radius 1 is 0.786 bits per heavy atom. The lowest BCUT2D eigenvalue weighted by atomic mass is 10.0. The van der Waals surface area contributed by atoms with Crippen LogP contribution in [-0.2, 0) is 32.6 Å². The largest absolute Gasteiger partial charge is 0.357 e. The van der Waals surface area contributed by atoms with Gasteiger partial charge in [-0.1, -0.05) is 84.4 Å². The first kappa shape index (κ1) is 30.5. The maximum Gasteiger partial charge on any atom is 0.264 e. The number of rotatable bonds is 11. The molecule has 4 aromatic rings. The topological polar surface area (TPSA) is 86.8 Å². The summed E-state index contributed by atoms with van der Waals surface area (Å²) >= 11 is 0. The van der Waals surface area contributed by atoms with E-state index in [0.29, 0.717) is 5.69 Å². The van der Waals surface area contributed by atoms with Gasteiger partial charge in [0.2, 0.25) is 11.8 Å². The lowest BCUT2D eigenvalue weighted by Gasteiger charge is -2.34. The number of aryl methyl sites for hydroxylation is 3. The SMILES string of the molecule is CNC(=O)[C@H](Cc1ccccc1)N(Cc1ccccc1C)C(=O)CN(c1cccc(C)c1)S(=O)(=O)c1ccc(C)cc1. The first-order valence-corrected chi connectivity index (χ1v) is 15.3. The van der Waals surface area contributed by atoms with E-state index in [-0.39, 0.29) is 23.8 Å². The van der Waals surface area contributed by atoms with Crippen molar-refractivity contribution in [2.24, 2.45) is 0 Å². The normalized spacial score (nSPS) is 11.9. The van der Waals surface area contributed by atoms with Crippen LogP contribution in [0.2, 0.25) is 0 Å². The van der Waals surface area contributed by atoms with E-state index in [0.717, 1.165) is 32.1 Å². The summed E-state index contributed by atoms with van der Waals surface area (Å²) in [7, 11) is -2.58. The maximum absolute atomic E-state index is 14.4. The highest BCUT2D eigenvalue weighted by atomic mass is 32.2. The molecule has 42 heavy (non-hydrogen) atoms. The predicted molar refractivity (Wildman–Crippen MR) is 167 cm³/mol. The molecule has 0 unspecified atom stereocenters. The Morgan fingerprint density at radius 3 is 2.10 bits per heavy atom. The number of carbonyl (C=O) groups excluding carboxylic acids is 2. The van der Waals surface area contributed by atoms with Gasteiger partial charge in [0.05, 0.1) is 10.6 Å². The molecule has 0 spiro atoms. The van der Waals surface area contributed by atoms with Crippen molar-refractivity contribution in [3.63, 3.8) is 0 Å². The van der Waals surface area contributed by atoms with Crippen LogP contribution in [0.4, 0.5) is 5.69 Å². The number of amides is 2. The van der Waals surface area contributed by atoms with Crippen LogP contribution in [0.1, 0.15) is 27.8 Å². The molecule has 8 heteroatoms. The fraction of sp³-hybridized carbons (Fsp3) is 0.235. The molecule has 0 saturated heterocycles. The molecule has 0 aliphatic rings. The van der Waals surface area contributed by atoms with Crippen molar-refractivity contribution in [2.45, 2.75) is 44.7 Å². The average molecular weight is 584 g/mol. The van der Waals surface area contributed by atoms with Crippen LogP contribution in [0.3, 0.4) is 0 Å². The number of likely N-dealkylation sites (N-methyl/N-ethyl adjacent to an activating group) is 1. The van der Waals surface area contributed by atoms with Crippen molar-refractivity contribution in [3.8, 4) is 0 Å². The van der Waals surface area contributed by atoms with Crippen LogP contribution in [0.25, 0.3) is 0 Å². The van der Waals surface area contributed by atoms with Crippen LogP contribution in [0.5, 0.6) is 0 Å². The molecule has 0 aliphatic carbocycles. The summed E-state index contributed by atoms with van der Waals surface area (Å²) in [6.45, 7) is 5.36. The van der Waals surface area contributed by atoms with Crippen molar-refractivity contribution in [1.82, 2.24) is 10.2 Å². The van der Waals surface area contributed by atoms with Gasteiger partial charge in [-0.15, -0.1) is 0 Å². The van der Waals surface area contributed by atoms with Crippen LogP contribution in [0.15, 0.2) is 108 Å². The molecular weight excluding hydrogens is 546 g/mol. The number of anilines is 1. The molecule has 0 fully saturated rings. The van der Waals surface area contributed by atoms with Crippen molar-refractivity contribution in [2.75, 3.05) is 17.9 Å². The van der Waals surface area contributed by atoms with Crippen molar-refractivity contribution < 1.29 is 18.0 Å². The van der Waals surface area contributed by atoms with E-state index in [1.54, 1.807) is 42.5 Å². The van der Waals surface area contributed by atoms with Gasteiger partial charge in [0.1, 0.15) is 12.6 Å². The Labute approximate surface area is 248 Å². The average Bonchev–Trinajstić information content (AvgIpc) is 2.98. The molecule has 2 amide bonds. The van der Waals surface area contributed by atoms with Gasteiger partial charge in [-0.2, -0.15) is 0 Å². The molecule has 218 valence electrons. The van der Waals surface area contributed by atoms with Crippen molar-refractivity contribution in [3.05, 3.63) is 131 Å². The summed E-state index contributed by atoms with van der Waals surface area (Å²) in [6.07, 6.45) is 0.271. The van der Waals surface area contributed by atoms with Gasteiger partial charge >= 0.3 is 0 Å². The minimum atomic E-state index is -4.12. The predicted octanol–water partition coefficient (Wildman–Crippen LogP) is 5.19. The van der Waals surface area contributed by atoms with E-state index >= 15 is 0 Å². The Kier molecular flexibility index (Phi) is 9.80. The Balaban J connectivity index is 1.80. The first-order chi connectivity index (χ1) is 20.1. The van der Waals surface area contributed by atoms with E-state index in [4.69, 9.17) is 0 Å². The Hall–Kier alpha value is -4.43. The van der Waals surface area contributed by atoms with E-state index in [1.807, 2.05) is 81.4 Å². The monoisotopic (exact) mass is 583 g/mol. The standard InChI is InChI=1S/C34H37N3O4S/c1-25-17-19-31(20-18-25)42(40,41)37(30-16-10-11-26(2)21-30)24-33(38)36(23-29-15-9-8-12-27(29)3)32(34(39)35-4)22-28-13-6-5-7-14-28/h5-21,32H,22-24H2,1-4H3,(H,35,39)/t32-/m0/s1. The molecule has 0 bridgehead atoms. The second kappa shape index (κ2) is 13.5. The van der Waals surface area contributed by atoms with E-state index in [2.05, 4.69) is 5.32 Å². The number of nitrogens with one attached hydrogen (secondary N) is 1. The molecule has 0 heterocycles. The lowest BCUT2D eigenvalue weighted by Crippen LogP contribution is -2.53. The third kappa shape index (κ3) is 7.25. The van der Waals surface area contributed by atoms with Crippen molar-refractivity contribution >= 4 is 27.5 Å². The minimum absolute atomic E-state index is 0.0833. The zero-order valence-corrected chi connectivity index (χ0v) is 25.3. The summed E-state index contributed by atoms with van der Waals surface area (Å²) in [6, 6.07) is 29.9. The molecule has 7 nitrogen and oxygen atoms in total. The van der Waals surface area contributed by atoms with E-state index in [9.17, 15) is 18.0 Å². The summed E-state index contributed by atoms with van der Waals surface area (Å²) in [4.78, 5) is 29.3. The van der Waals surface area contributed by atoms with Gasteiger partial charge in [0.15, 0.2) is 0 Å².